The molecule has 1 amide bonds. The zero-order chi connectivity index (χ0) is 22.3. The van der Waals surface area contributed by atoms with Gasteiger partial charge in [-0.2, -0.15) is 8.78 Å². The van der Waals surface area contributed by atoms with E-state index in [4.69, 9.17) is 0 Å². The summed E-state index contributed by atoms with van der Waals surface area (Å²) in [4.78, 5) is 16.9. The maximum Gasteiger partial charge on any atom is 0.299 e. The number of benzene rings is 3. The molecule has 0 radical (unpaired) electrons. The van der Waals surface area contributed by atoms with Crippen molar-refractivity contribution in [3.05, 3.63) is 113 Å². The zero-order valence-electron chi connectivity index (χ0n) is 17.4. The monoisotopic (exact) mass is 426 g/mol. The second-order valence-electron chi connectivity index (χ2n) is 7.95. The molecular formula is C27H20F2N2O. The van der Waals surface area contributed by atoms with Crippen LogP contribution in [0.25, 0.3) is 22.3 Å². The summed E-state index contributed by atoms with van der Waals surface area (Å²) in [7, 11) is 0. The molecule has 0 bridgehead atoms. The number of nitrogens with one attached hydrogen (secondary N) is 1. The van der Waals surface area contributed by atoms with E-state index < -0.39 is 5.92 Å². The number of fused-ring (bicyclic) bond motifs is 3. The Morgan fingerprint density at radius 1 is 0.875 bits per heavy atom. The highest BCUT2D eigenvalue weighted by Crippen LogP contribution is 2.50. The first-order valence-electron chi connectivity index (χ1n) is 10.4. The fraction of sp³-hybridized carbons (Fsp3) is 0.111. The molecule has 1 aromatic heterocycles. The molecule has 1 aliphatic carbocycles. The van der Waals surface area contributed by atoms with E-state index in [1.807, 2.05) is 43.3 Å². The summed E-state index contributed by atoms with van der Waals surface area (Å²) in [5.74, 6) is -3.49. The van der Waals surface area contributed by atoms with Gasteiger partial charge in [0.25, 0.3) is 11.8 Å². The Morgan fingerprint density at radius 2 is 1.62 bits per heavy atom. The molecule has 0 unspecified atom stereocenters. The smallest absolute Gasteiger partial charge is 0.299 e. The van der Waals surface area contributed by atoms with E-state index in [0.29, 0.717) is 17.7 Å². The van der Waals surface area contributed by atoms with Gasteiger partial charge in [0.2, 0.25) is 0 Å². The average molecular weight is 426 g/mol. The number of rotatable bonds is 4. The first kappa shape index (κ1) is 20.1. The first-order chi connectivity index (χ1) is 15.4. The van der Waals surface area contributed by atoms with Gasteiger partial charge in [0.15, 0.2) is 0 Å². The van der Waals surface area contributed by atoms with Gasteiger partial charge < -0.3 is 5.32 Å². The number of alkyl halides is 2. The highest BCUT2D eigenvalue weighted by atomic mass is 19.3. The van der Waals surface area contributed by atoms with Crippen LogP contribution in [-0.4, -0.2) is 10.9 Å². The van der Waals surface area contributed by atoms with Crippen molar-refractivity contribution in [2.75, 3.05) is 0 Å². The second kappa shape index (κ2) is 7.68. The number of hydrogen-bond donors (Lipinski definition) is 1. The second-order valence-corrected chi connectivity index (χ2v) is 7.95. The minimum Gasteiger partial charge on any atom is -0.348 e. The Kier molecular flexibility index (Phi) is 4.82. The van der Waals surface area contributed by atoms with Crippen molar-refractivity contribution in [2.24, 2.45) is 0 Å². The number of aryl methyl sites for hydroxylation is 1. The molecule has 0 fully saturated rings. The molecule has 1 heterocycles. The molecule has 0 saturated carbocycles. The summed E-state index contributed by atoms with van der Waals surface area (Å²) in [6.07, 6.45) is 1.78. The highest BCUT2D eigenvalue weighted by Gasteiger charge is 2.44. The molecule has 0 saturated heterocycles. The number of carbonyl (C=O) groups is 1. The molecular weight excluding hydrogens is 406 g/mol. The number of hydrogen-bond acceptors (Lipinski definition) is 2. The fourth-order valence-corrected chi connectivity index (χ4v) is 4.14. The lowest BCUT2D eigenvalue weighted by Crippen LogP contribution is -2.23. The van der Waals surface area contributed by atoms with E-state index in [9.17, 15) is 13.6 Å². The molecule has 1 aliphatic rings. The van der Waals surface area contributed by atoms with Crippen molar-refractivity contribution in [1.82, 2.24) is 10.3 Å². The number of aromatic nitrogens is 1. The van der Waals surface area contributed by atoms with Gasteiger partial charge in [-0.05, 0) is 59.0 Å². The van der Waals surface area contributed by atoms with Crippen LogP contribution in [-0.2, 0) is 12.5 Å². The van der Waals surface area contributed by atoms with Crippen LogP contribution < -0.4 is 5.32 Å². The Labute approximate surface area is 184 Å². The van der Waals surface area contributed by atoms with Crippen LogP contribution in [0, 0.1) is 6.92 Å². The third-order valence-electron chi connectivity index (χ3n) is 5.81. The maximum absolute atomic E-state index is 14.9. The number of amides is 1. The predicted molar refractivity (Wildman–Crippen MR) is 120 cm³/mol. The summed E-state index contributed by atoms with van der Waals surface area (Å²) >= 11 is 0. The molecule has 32 heavy (non-hydrogen) atoms. The standard InChI is InChI=1S/C27H20F2N2O/c1-17-14-20(12-13-30-17)19-8-6-18(7-9-19)16-31-26(32)21-10-11-23-22-4-2-3-5-24(22)27(28,29)25(23)15-21/h2-15H,16H2,1H3,(H,31,32). The Morgan fingerprint density at radius 3 is 2.41 bits per heavy atom. The van der Waals surface area contributed by atoms with E-state index in [1.54, 1.807) is 36.5 Å². The molecule has 0 atom stereocenters. The molecule has 1 N–H and O–H groups in total. The molecule has 0 spiro atoms. The molecule has 5 rings (SSSR count). The van der Waals surface area contributed by atoms with Crippen LogP contribution in [0.4, 0.5) is 8.78 Å². The van der Waals surface area contributed by atoms with Crippen LogP contribution in [0.2, 0.25) is 0 Å². The van der Waals surface area contributed by atoms with Crippen molar-refractivity contribution in [2.45, 2.75) is 19.4 Å². The van der Waals surface area contributed by atoms with Crippen molar-refractivity contribution in [3.8, 4) is 22.3 Å². The molecule has 3 aromatic carbocycles. The van der Waals surface area contributed by atoms with E-state index >= 15 is 0 Å². The van der Waals surface area contributed by atoms with Crippen LogP contribution in [0.3, 0.4) is 0 Å². The van der Waals surface area contributed by atoms with Gasteiger partial charge in [0, 0.05) is 35.1 Å². The minimum absolute atomic E-state index is 0.0166. The van der Waals surface area contributed by atoms with Crippen LogP contribution in [0.15, 0.2) is 85.1 Å². The van der Waals surface area contributed by atoms with E-state index in [0.717, 1.165) is 22.4 Å². The number of pyridine rings is 1. The summed E-state index contributed by atoms with van der Waals surface area (Å²) < 4.78 is 29.8. The predicted octanol–water partition coefficient (Wildman–Crippen LogP) is 6.11. The Bertz CT molecular complexity index is 1330. The molecule has 3 nitrogen and oxygen atoms in total. The summed E-state index contributed by atoms with van der Waals surface area (Å²) in [5, 5.41) is 2.83. The van der Waals surface area contributed by atoms with Gasteiger partial charge in [0.05, 0.1) is 0 Å². The van der Waals surface area contributed by atoms with Gasteiger partial charge in [-0.25, -0.2) is 0 Å². The van der Waals surface area contributed by atoms with Crippen LogP contribution in [0.1, 0.15) is 32.7 Å². The van der Waals surface area contributed by atoms with Crippen molar-refractivity contribution >= 4 is 5.91 Å². The van der Waals surface area contributed by atoms with E-state index in [1.165, 1.54) is 12.1 Å². The van der Waals surface area contributed by atoms with Gasteiger partial charge in [0.1, 0.15) is 0 Å². The topological polar surface area (TPSA) is 42.0 Å². The molecule has 158 valence electrons. The lowest BCUT2D eigenvalue weighted by molar-refractivity contribution is 0.0479. The Hall–Kier alpha value is -3.86. The van der Waals surface area contributed by atoms with Gasteiger partial charge in [-0.15, -0.1) is 0 Å². The fourth-order valence-electron chi connectivity index (χ4n) is 4.14. The van der Waals surface area contributed by atoms with Crippen molar-refractivity contribution in [1.29, 1.82) is 0 Å². The minimum atomic E-state index is -3.11. The lowest BCUT2D eigenvalue weighted by Gasteiger charge is -2.13. The number of halogens is 2. The van der Waals surface area contributed by atoms with Crippen LogP contribution in [0.5, 0.6) is 0 Å². The maximum atomic E-state index is 14.9. The summed E-state index contributed by atoms with van der Waals surface area (Å²) in [6.45, 7) is 2.25. The van der Waals surface area contributed by atoms with Crippen LogP contribution >= 0.6 is 0 Å². The Balaban J connectivity index is 1.31. The van der Waals surface area contributed by atoms with Crippen molar-refractivity contribution in [3.63, 3.8) is 0 Å². The lowest BCUT2D eigenvalue weighted by atomic mass is 10.0. The third-order valence-corrected chi connectivity index (χ3v) is 5.81. The molecule has 0 aliphatic heterocycles. The number of nitrogens with zero attached hydrogens (tertiary/aromatic N) is 1. The molecule has 5 heteroatoms. The highest BCUT2D eigenvalue weighted by molar-refractivity contribution is 5.96. The quantitative estimate of drug-likeness (QED) is 0.428. The summed E-state index contributed by atoms with van der Waals surface area (Å²) in [6, 6.07) is 22.8. The molecule has 4 aromatic rings. The van der Waals surface area contributed by atoms with Gasteiger partial charge >= 0.3 is 0 Å². The SMILES string of the molecule is Cc1cc(-c2ccc(CNC(=O)c3ccc4c(c3)C(F)(F)c3ccccc3-4)cc2)ccn1. The van der Waals surface area contributed by atoms with Gasteiger partial charge in [-0.3, -0.25) is 9.78 Å². The van der Waals surface area contributed by atoms with Gasteiger partial charge in [-0.1, -0.05) is 54.6 Å². The van der Waals surface area contributed by atoms with E-state index in [2.05, 4.69) is 10.3 Å². The summed E-state index contributed by atoms with van der Waals surface area (Å²) in [5.41, 5.74) is 5.08. The van der Waals surface area contributed by atoms with E-state index in [-0.39, 0.29) is 22.6 Å². The average Bonchev–Trinajstić information content (AvgIpc) is 3.04. The van der Waals surface area contributed by atoms with Crippen molar-refractivity contribution < 1.29 is 13.6 Å². The largest absolute Gasteiger partial charge is 0.348 e. The number of carbonyl (C=O) groups excluding carboxylic acids is 1. The normalized spacial score (nSPS) is 13.3. The first-order valence-corrected chi connectivity index (χ1v) is 10.4. The zero-order valence-corrected chi connectivity index (χ0v) is 17.4. The third kappa shape index (κ3) is 3.46.